The van der Waals surface area contributed by atoms with Crippen molar-refractivity contribution in [3.8, 4) is 0 Å². The minimum Gasteiger partial charge on any atom is -0.465 e. The van der Waals surface area contributed by atoms with Crippen molar-refractivity contribution in [2.24, 2.45) is 0 Å². The fraction of sp³-hybridized carbons (Fsp3) is 0.118. The van der Waals surface area contributed by atoms with Crippen LogP contribution in [0.1, 0.15) is 12.0 Å². The predicted octanol–water partition coefficient (Wildman–Crippen LogP) is 4.45. The maximum atomic E-state index is 11.5. The van der Waals surface area contributed by atoms with Gasteiger partial charge in [-0.1, -0.05) is 58.4 Å². The molecule has 0 bridgehead atoms. The SMILES string of the molecule is COC(=O)C1=CCC=C(/C=C/c2ccc(Br)cc2)C=C1. The second-order valence-corrected chi connectivity index (χ2v) is 5.22. The number of hydrogen-bond acceptors (Lipinski definition) is 2. The molecule has 0 aliphatic heterocycles. The van der Waals surface area contributed by atoms with E-state index in [-0.39, 0.29) is 5.97 Å². The summed E-state index contributed by atoms with van der Waals surface area (Å²) < 4.78 is 5.78. The van der Waals surface area contributed by atoms with Crippen LogP contribution in [0.15, 0.2) is 70.3 Å². The Hall–Kier alpha value is -1.87. The molecule has 0 aromatic heterocycles. The molecule has 0 amide bonds. The standard InChI is InChI=1S/C17H15BrO2/c1-20-17(19)15-4-2-3-13(7-10-15)5-6-14-8-11-16(18)12-9-14/h3-12H,2H2,1H3/b6-5+. The van der Waals surface area contributed by atoms with Gasteiger partial charge in [-0.05, 0) is 35.8 Å². The van der Waals surface area contributed by atoms with Crippen molar-refractivity contribution < 1.29 is 9.53 Å². The van der Waals surface area contributed by atoms with Crippen LogP contribution in [-0.2, 0) is 9.53 Å². The van der Waals surface area contributed by atoms with E-state index in [1.165, 1.54) is 7.11 Å². The summed E-state index contributed by atoms with van der Waals surface area (Å²) in [4.78, 5) is 11.5. The highest BCUT2D eigenvalue weighted by Crippen LogP contribution is 2.15. The predicted molar refractivity (Wildman–Crippen MR) is 85.1 cm³/mol. The lowest BCUT2D eigenvalue weighted by Crippen LogP contribution is -2.01. The van der Waals surface area contributed by atoms with E-state index in [1.54, 1.807) is 6.08 Å². The van der Waals surface area contributed by atoms with Crippen LogP contribution >= 0.6 is 15.9 Å². The molecule has 0 saturated carbocycles. The van der Waals surface area contributed by atoms with Crippen molar-refractivity contribution in [2.75, 3.05) is 7.11 Å². The first-order valence-corrected chi connectivity index (χ1v) is 7.09. The molecule has 0 spiro atoms. The van der Waals surface area contributed by atoms with Gasteiger partial charge >= 0.3 is 5.97 Å². The molecule has 0 fully saturated rings. The Bertz CT molecular complexity index is 604. The Labute approximate surface area is 127 Å². The quantitative estimate of drug-likeness (QED) is 0.765. The molecule has 20 heavy (non-hydrogen) atoms. The molecule has 2 nitrogen and oxygen atoms in total. The van der Waals surface area contributed by atoms with Crippen LogP contribution in [-0.4, -0.2) is 13.1 Å². The van der Waals surface area contributed by atoms with Gasteiger partial charge in [0.15, 0.2) is 0 Å². The third-order valence-electron chi connectivity index (χ3n) is 2.91. The number of esters is 1. The van der Waals surface area contributed by atoms with Crippen molar-refractivity contribution in [3.05, 3.63) is 75.8 Å². The molecule has 0 unspecified atom stereocenters. The van der Waals surface area contributed by atoms with E-state index >= 15 is 0 Å². The molecule has 1 aromatic carbocycles. The first-order valence-electron chi connectivity index (χ1n) is 6.29. The highest BCUT2D eigenvalue weighted by atomic mass is 79.9. The summed E-state index contributed by atoms with van der Waals surface area (Å²) in [5.74, 6) is -0.298. The normalized spacial score (nSPS) is 14.7. The number of carbonyl (C=O) groups is 1. The van der Waals surface area contributed by atoms with E-state index < -0.39 is 0 Å². The smallest absolute Gasteiger partial charge is 0.337 e. The molecule has 0 heterocycles. The van der Waals surface area contributed by atoms with Crippen molar-refractivity contribution >= 4 is 28.0 Å². The summed E-state index contributed by atoms with van der Waals surface area (Å²) in [6, 6.07) is 8.10. The van der Waals surface area contributed by atoms with E-state index in [9.17, 15) is 4.79 Å². The zero-order chi connectivity index (χ0) is 14.4. The molecule has 1 aliphatic rings. The van der Waals surface area contributed by atoms with Gasteiger partial charge in [0.1, 0.15) is 0 Å². The Morgan fingerprint density at radius 1 is 1.15 bits per heavy atom. The molecule has 0 saturated heterocycles. The lowest BCUT2D eigenvalue weighted by molar-refractivity contribution is -0.135. The van der Waals surface area contributed by atoms with E-state index in [0.717, 1.165) is 22.0 Å². The fourth-order valence-corrected chi connectivity index (χ4v) is 2.07. The Kier molecular flexibility index (Phi) is 5.13. The molecular formula is C17H15BrO2. The third-order valence-corrected chi connectivity index (χ3v) is 3.43. The van der Waals surface area contributed by atoms with Crippen LogP contribution in [0.4, 0.5) is 0 Å². The highest BCUT2D eigenvalue weighted by molar-refractivity contribution is 9.10. The number of methoxy groups -OCH3 is 1. The summed E-state index contributed by atoms with van der Waals surface area (Å²) in [7, 11) is 1.39. The number of rotatable bonds is 3. The molecule has 1 aromatic rings. The summed E-state index contributed by atoms with van der Waals surface area (Å²) in [6.07, 6.45) is 12.4. The van der Waals surface area contributed by atoms with Crippen LogP contribution < -0.4 is 0 Å². The Morgan fingerprint density at radius 2 is 1.90 bits per heavy atom. The van der Waals surface area contributed by atoms with Gasteiger partial charge in [0.25, 0.3) is 0 Å². The van der Waals surface area contributed by atoms with Gasteiger partial charge in [-0.2, -0.15) is 0 Å². The molecule has 2 rings (SSSR count). The lowest BCUT2D eigenvalue weighted by Gasteiger charge is -1.97. The number of benzene rings is 1. The summed E-state index contributed by atoms with van der Waals surface area (Å²) in [6.45, 7) is 0. The average molecular weight is 331 g/mol. The number of halogens is 1. The van der Waals surface area contributed by atoms with Crippen molar-refractivity contribution in [3.63, 3.8) is 0 Å². The Balaban J connectivity index is 2.06. The van der Waals surface area contributed by atoms with E-state index in [0.29, 0.717) is 5.57 Å². The van der Waals surface area contributed by atoms with Gasteiger partial charge in [-0.3, -0.25) is 0 Å². The van der Waals surface area contributed by atoms with Crippen LogP contribution in [0, 0.1) is 0 Å². The van der Waals surface area contributed by atoms with E-state index in [1.807, 2.05) is 48.6 Å². The summed E-state index contributed by atoms with van der Waals surface area (Å²) >= 11 is 3.41. The molecule has 102 valence electrons. The zero-order valence-electron chi connectivity index (χ0n) is 11.2. The van der Waals surface area contributed by atoms with Crippen molar-refractivity contribution in [1.29, 1.82) is 0 Å². The van der Waals surface area contributed by atoms with Gasteiger partial charge in [-0.15, -0.1) is 0 Å². The first-order chi connectivity index (χ1) is 9.69. The van der Waals surface area contributed by atoms with Gasteiger partial charge in [0.2, 0.25) is 0 Å². The molecule has 0 atom stereocenters. The minimum atomic E-state index is -0.298. The molecular weight excluding hydrogens is 316 g/mol. The van der Waals surface area contributed by atoms with Gasteiger partial charge in [0.05, 0.1) is 12.7 Å². The molecule has 1 aliphatic carbocycles. The van der Waals surface area contributed by atoms with Crippen LogP contribution in [0.2, 0.25) is 0 Å². The second kappa shape index (κ2) is 7.06. The monoisotopic (exact) mass is 330 g/mol. The van der Waals surface area contributed by atoms with Crippen LogP contribution in [0.5, 0.6) is 0 Å². The summed E-state index contributed by atoms with van der Waals surface area (Å²) in [5, 5.41) is 0. The second-order valence-electron chi connectivity index (χ2n) is 4.31. The molecule has 0 radical (unpaired) electrons. The van der Waals surface area contributed by atoms with Gasteiger partial charge in [-0.25, -0.2) is 4.79 Å². The van der Waals surface area contributed by atoms with Crippen molar-refractivity contribution in [1.82, 2.24) is 0 Å². The van der Waals surface area contributed by atoms with Gasteiger partial charge < -0.3 is 4.74 Å². The number of carbonyl (C=O) groups excluding carboxylic acids is 1. The summed E-state index contributed by atoms with van der Waals surface area (Å²) in [5.41, 5.74) is 2.80. The minimum absolute atomic E-state index is 0.298. The fourth-order valence-electron chi connectivity index (χ4n) is 1.80. The Morgan fingerprint density at radius 3 is 2.60 bits per heavy atom. The topological polar surface area (TPSA) is 26.3 Å². The number of allylic oxidation sites excluding steroid dienone is 5. The first kappa shape index (κ1) is 14.5. The maximum Gasteiger partial charge on any atom is 0.337 e. The third kappa shape index (κ3) is 4.07. The zero-order valence-corrected chi connectivity index (χ0v) is 12.8. The number of hydrogen-bond donors (Lipinski definition) is 0. The molecule has 0 N–H and O–H groups in total. The molecule has 3 heteroatoms. The van der Waals surface area contributed by atoms with Crippen molar-refractivity contribution in [2.45, 2.75) is 6.42 Å². The largest absolute Gasteiger partial charge is 0.465 e. The highest BCUT2D eigenvalue weighted by Gasteiger charge is 2.06. The lowest BCUT2D eigenvalue weighted by atomic mass is 10.1. The van der Waals surface area contributed by atoms with E-state index in [2.05, 4.69) is 22.0 Å². The average Bonchev–Trinajstić information content (AvgIpc) is 2.71. The maximum absolute atomic E-state index is 11.5. The van der Waals surface area contributed by atoms with Crippen LogP contribution in [0.3, 0.4) is 0 Å². The van der Waals surface area contributed by atoms with Crippen LogP contribution in [0.25, 0.3) is 6.08 Å². The van der Waals surface area contributed by atoms with E-state index in [4.69, 9.17) is 4.74 Å². The number of ether oxygens (including phenoxy) is 1. The van der Waals surface area contributed by atoms with Gasteiger partial charge in [0, 0.05) is 4.47 Å².